The summed E-state index contributed by atoms with van der Waals surface area (Å²) in [6.45, 7) is 2.44. The van der Waals surface area contributed by atoms with E-state index in [0.29, 0.717) is 17.9 Å². The van der Waals surface area contributed by atoms with Gasteiger partial charge in [-0.1, -0.05) is 0 Å². The van der Waals surface area contributed by atoms with E-state index in [4.69, 9.17) is 14.5 Å². The van der Waals surface area contributed by atoms with Crippen LogP contribution in [0.25, 0.3) is 11.3 Å². The zero-order chi connectivity index (χ0) is 17.5. The van der Waals surface area contributed by atoms with Gasteiger partial charge in [-0.2, -0.15) is 10.1 Å². The van der Waals surface area contributed by atoms with Gasteiger partial charge < -0.3 is 14.4 Å². The first kappa shape index (κ1) is 15.5. The van der Waals surface area contributed by atoms with Crippen LogP contribution in [0.1, 0.15) is 4.88 Å². The summed E-state index contributed by atoms with van der Waals surface area (Å²) in [7, 11) is 1.58. The Morgan fingerprint density at radius 3 is 3.12 bits per heavy atom. The molecule has 1 fully saturated rings. The molecular weight excluding hydrogens is 354 g/mol. The number of nitrogens with zero attached hydrogens (tertiary/aromatic N) is 5. The number of thiazole rings is 1. The van der Waals surface area contributed by atoms with E-state index in [1.54, 1.807) is 30.7 Å². The van der Waals surface area contributed by atoms with E-state index in [0.717, 1.165) is 48.4 Å². The number of aromatic nitrogens is 5. The van der Waals surface area contributed by atoms with Crippen molar-refractivity contribution in [2.75, 3.05) is 37.1 Å². The third-order valence-corrected chi connectivity index (χ3v) is 5.59. The number of anilines is 3. The van der Waals surface area contributed by atoms with Gasteiger partial charge in [0.1, 0.15) is 5.82 Å². The number of ether oxygens (including phenoxy) is 2. The van der Waals surface area contributed by atoms with Crippen molar-refractivity contribution in [1.29, 1.82) is 0 Å². The Labute approximate surface area is 153 Å². The SMILES string of the molecule is COc1ccnc(Nc2nc3c(s2)CCN(C2COC2)c2[nH]ncc2-3)n1. The molecule has 26 heavy (non-hydrogen) atoms. The quantitative estimate of drug-likeness (QED) is 0.716. The average molecular weight is 371 g/mol. The Morgan fingerprint density at radius 2 is 2.31 bits per heavy atom. The minimum atomic E-state index is 0.408. The zero-order valence-corrected chi connectivity index (χ0v) is 14.9. The molecule has 2 aliphatic heterocycles. The minimum Gasteiger partial charge on any atom is -0.481 e. The predicted molar refractivity (Wildman–Crippen MR) is 97.2 cm³/mol. The first-order chi connectivity index (χ1) is 12.8. The summed E-state index contributed by atoms with van der Waals surface area (Å²) in [5.74, 6) is 2.00. The van der Waals surface area contributed by atoms with E-state index >= 15 is 0 Å². The molecule has 0 unspecified atom stereocenters. The molecule has 0 bridgehead atoms. The molecule has 9 nitrogen and oxygen atoms in total. The lowest BCUT2D eigenvalue weighted by molar-refractivity contribution is 0.00798. The molecule has 0 atom stereocenters. The molecule has 5 rings (SSSR count). The van der Waals surface area contributed by atoms with Gasteiger partial charge in [0, 0.05) is 30.1 Å². The third-order valence-electron chi connectivity index (χ3n) is 4.56. The third kappa shape index (κ3) is 2.58. The largest absolute Gasteiger partial charge is 0.481 e. The van der Waals surface area contributed by atoms with Gasteiger partial charge in [0.2, 0.25) is 11.8 Å². The van der Waals surface area contributed by atoms with Crippen LogP contribution in [0.3, 0.4) is 0 Å². The lowest BCUT2D eigenvalue weighted by Gasteiger charge is -2.37. The van der Waals surface area contributed by atoms with Crippen molar-refractivity contribution in [2.45, 2.75) is 12.5 Å². The van der Waals surface area contributed by atoms with Crippen LogP contribution in [0, 0.1) is 0 Å². The zero-order valence-electron chi connectivity index (χ0n) is 14.1. The van der Waals surface area contributed by atoms with Crippen LogP contribution in [0.15, 0.2) is 18.5 Å². The predicted octanol–water partition coefficient (Wildman–Crippen LogP) is 1.84. The minimum absolute atomic E-state index is 0.408. The van der Waals surface area contributed by atoms with Crippen molar-refractivity contribution in [1.82, 2.24) is 25.1 Å². The fraction of sp³-hybridized carbons (Fsp3) is 0.375. The first-order valence-electron chi connectivity index (χ1n) is 8.33. The molecule has 2 aliphatic rings. The average Bonchev–Trinajstić information content (AvgIpc) is 3.21. The second-order valence-corrected chi connectivity index (χ2v) is 7.19. The number of hydrogen-bond acceptors (Lipinski definition) is 9. The van der Waals surface area contributed by atoms with E-state index in [-0.39, 0.29) is 0 Å². The molecule has 134 valence electrons. The Morgan fingerprint density at radius 1 is 1.38 bits per heavy atom. The van der Waals surface area contributed by atoms with Gasteiger partial charge >= 0.3 is 0 Å². The van der Waals surface area contributed by atoms with Crippen molar-refractivity contribution >= 4 is 28.2 Å². The summed E-state index contributed by atoms with van der Waals surface area (Å²) in [6, 6.07) is 2.12. The molecule has 0 spiro atoms. The number of fused-ring (bicyclic) bond motifs is 3. The molecule has 0 saturated carbocycles. The van der Waals surface area contributed by atoms with Gasteiger partial charge in [-0.15, -0.1) is 11.3 Å². The van der Waals surface area contributed by atoms with Crippen LogP contribution in [0.5, 0.6) is 5.88 Å². The molecular formula is C16H17N7O2S. The molecule has 0 amide bonds. The monoisotopic (exact) mass is 371 g/mol. The molecule has 3 aromatic heterocycles. The van der Waals surface area contributed by atoms with Gasteiger partial charge in [0.05, 0.1) is 43.8 Å². The highest BCUT2D eigenvalue weighted by atomic mass is 32.1. The normalized spacial score (nSPS) is 16.4. The maximum atomic E-state index is 5.36. The number of H-pyrrole nitrogens is 1. The van der Waals surface area contributed by atoms with Crippen LogP contribution < -0.4 is 15.0 Å². The number of rotatable bonds is 4. The second kappa shape index (κ2) is 6.22. The highest BCUT2D eigenvalue weighted by Crippen LogP contribution is 2.40. The maximum absolute atomic E-state index is 5.36. The van der Waals surface area contributed by atoms with Crippen LogP contribution >= 0.6 is 11.3 Å². The fourth-order valence-electron chi connectivity index (χ4n) is 3.17. The van der Waals surface area contributed by atoms with Crippen LogP contribution in [0.2, 0.25) is 0 Å². The molecule has 10 heteroatoms. The van der Waals surface area contributed by atoms with Gasteiger partial charge in [-0.05, 0) is 0 Å². The summed E-state index contributed by atoms with van der Waals surface area (Å²) in [6.07, 6.45) is 4.42. The highest BCUT2D eigenvalue weighted by Gasteiger charge is 2.32. The van der Waals surface area contributed by atoms with Gasteiger partial charge in [-0.3, -0.25) is 10.4 Å². The molecule has 0 aromatic carbocycles. The number of hydrogen-bond donors (Lipinski definition) is 2. The molecule has 2 N–H and O–H groups in total. The number of nitrogens with one attached hydrogen (secondary N) is 2. The van der Waals surface area contributed by atoms with Crippen molar-refractivity contribution in [2.24, 2.45) is 0 Å². The van der Waals surface area contributed by atoms with E-state index in [1.807, 2.05) is 6.20 Å². The van der Waals surface area contributed by atoms with Gasteiger partial charge in [0.25, 0.3) is 0 Å². The molecule has 3 aromatic rings. The standard InChI is InChI=1S/C16H17N7O2S/c1-24-12-2-4-17-15(19-12)21-16-20-13-10-6-18-22-14(10)23(9-7-25-8-9)5-3-11(13)26-16/h2,4,6,9H,3,5,7-8H2,1H3,(H,18,22)(H,17,19,20,21). The van der Waals surface area contributed by atoms with E-state index < -0.39 is 0 Å². The fourth-order valence-corrected chi connectivity index (χ4v) is 4.13. The Hall–Kier alpha value is -2.72. The number of methoxy groups -OCH3 is 1. The lowest BCUT2D eigenvalue weighted by atomic mass is 10.2. The van der Waals surface area contributed by atoms with Gasteiger partial charge in [0.15, 0.2) is 5.13 Å². The van der Waals surface area contributed by atoms with Crippen LogP contribution in [0.4, 0.5) is 16.9 Å². The van der Waals surface area contributed by atoms with Crippen molar-refractivity contribution < 1.29 is 9.47 Å². The Kier molecular flexibility index (Phi) is 3.71. The van der Waals surface area contributed by atoms with Crippen LogP contribution in [-0.2, 0) is 11.2 Å². The topological polar surface area (TPSA) is 101 Å². The smallest absolute Gasteiger partial charge is 0.232 e. The summed E-state index contributed by atoms with van der Waals surface area (Å²) < 4.78 is 10.5. The Balaban J connectivity index is 1.46. The molecule has 5 heterocycles. The molecule has 0 radical (unpaired) electrons. The van der Waals surface area contributed by atoms with Crippen LogP contribution in [-0.4, -0.2) is 58.1 Å². The van der Waals surface area contributed by atoms with E-state index in [2.05, 4.69) is 30.4 Å². The number of aromatic amines is 1. The van der Waals surface area contributed by atoms with E-state index in [9.17, 15) is 0 Å². The lowest BCUT2D eigenvalue weighted by Crippen LogP contribution is -2.50. The summed E-state index contributed by atoms with van der Waals surface area (Å²) in [4.78, 5) is 16.9. The van der Waals surface area contributed by atoms with Crippen molar-refractivity contribution in [3.05, 3.63) is 23.3 Å². The first-order valence-corrected chi connectivity index (χ1v) is 9.15. The molecule has 0 aliphatic carbocycles. The molecule has 1 saturated heterocycles. The highest BCUT2D eigenvalue weighted by molar-refractivity contribution is 7.16. The summed E-state index contributed by atoms with van der Waals surface area (Å²) >= 11 is 1.62. The van der Waals surface area contributed by atoms with E-state index in [1.165, 1.54) is 4.88 Å². The second-order valence-electron chi connectivity index (χ2n) is 6.11. The maximum Gasteiger partial charge on any atom is 0.232 e. The van der Waals surface area contributed by atoms with Crippen molar-refractivity contribution in [3.8, 4) is 17.1 Å². The van der Waals surface area contributed by atoms with Gasteiger partial charge in [-0.25, -0.2) is 9.97 Å². The summed E-state index contributed by atoms with van der Waals surface area (Å²) in [5, 5.41) is 11.3. The Bertz CT molecular complexity index is 936. The summed E-state index contributed by atoms with van der Waals surface area (Å²) in [5.41, 5.74) is 1.99. The van der Waals surface area contributed by atoms with Crippen molar-refractivity contribution in [3.63, 3.8) is 0 Å².